The van der Waals surface area contributed by atoms with Gasteiger partial charge < -0.3 is 19.5 Å². The number of benzene rings is 1. The summed E-state index contributed by atoms with van der Waals surface area (Å²) in [5, 5.41) is 2.85. The zero-order valence-electron chi connectivity index (χ0n) is 22.0. The molecule has 1 amide bonds. The fourth-order valence-corrected chi connectivity index (χ4v) is 4.42. The van der Waals surface area contributed by atoms with Gasteiger partial charge in [-0.15, -0.1) is 0 Å². The van der Waals surface area contributed by atoms with Crippen LogP contribution in [0.5, 0.6) is 0 Å². The molecule has 0 saturated carbocycles. The van der Waals surface area contributed by atoms with E-state index < -0.39 is 19.1 Å². The molecule has 2 aromatic rings. The summed E-state index contributed by atoms with van der Waals surface area (Å²) >= 11 is 0. The Labute approximate surface area is 219 Å². The van der Waals surface area contributed by atoms with Crippen LogP contribution in [-0.2, 0) is 25.3 Å². The molecule has 0 bridgehead atoms. The van der Waals surface area contributed by atoms with Crippen LogP contribution in [0.3, 0.4) is 0 Å². The Balaban J connectivity index is 1.78. The number of hydrogen-bond acceptors (Lipinski definition) is 8. The Hall–Kier alpha value is -3.11. The highest BCUT2D eigenvalue weighted by molar-refractivity contribution is 6.49. The minimum atomic E-state index is -0.810. The van der Waals surface area contributed by atoms with Crippen molar-refractivity contribution in [2.45, 2.75) is 57.8 Å². The number of carbonyl (C=O) groups is 3. The SMILES string of the molecule is CC(C)C[C@H](CC(=O)[C@H](Cc1ccccc1)NC(=O)c1cnccn1)B1OCCCN(C)CCC(=O)O1. The number of nitrogens with zero attached hydrogens (tertiary/aromatic N) is 3. The molecule has 0 unspecified atom stereocenters. The molecular weight excluding hydrogens is 471 g/mol. The van der Waals surface area contributed by atoms with Crippen molar-refractivity contribution in [3.05, 3.63) is 60.2 Å². The van der Waals surface area contributed by atoms with Crippen molar-refractivity contribution in [1.29, 1.82) is 0 Å². The topological polar surface area (TPSA) is 111 Å². The van der Waals surface area contributed by atoms with E-state index in [1.807, 2.05) is 37.4 Å². The molecule has 1 aliphatic rings. The van der Waals surface area contributed by atoms with Gasteiger partial charge in [0, 0.05) is 37.8 Å². The summed E-state index contributed by atoms with van der Waals surface area (Å²) in [6, 6.07) is 8.75. The van der Waals surface area contributed by atoms with E-state index in [2.05, 4.69) is 34.0 Å². The maximum Gasteiger partial charge on any atom is 0.530 e. The zero-order valence-corrected chi connectivity index (χ0v) is 22.0. The molecule has 1 saturated heterocycles. The van der Waals surface area contributed by atoms with Crippen LogP contribution in [0.1, 0.15) is 55.6 Å². The normalized spacial score (nSPS) is 17.1. The van der Waals surface area contributed by atoms with Crippen LogP contribution in [0.4, 0.5) is 0 Å². The van der Waals surface area contributed by atoms with Crippen LogP contribution in [0, 0.1) is 5.92 Å². The molecule has 2 heterocycles. The number of aromatic nitrogens is 2. The van der Waals surface area contributed by atoms with Gasteiger partial charge in [0.1, 0.15) is 5.69 Å². The Bertz CT molecular complexity index is 1010. The summed E-state index contributed by atoms with van der Waals surface area (Å²) < 4.78 is 11.8. The Morgan fingerprint density at radius 2 is 1.95 bits per heavy atom. The van der Waals surface area contributed by atoms with Gasteiger partial charge >= 0.3 is 7.12 Å². The highest BCUT2D eigenvalue weighted by Gasteiger charge is 2.38. The van der Waals surface area contributed by atoms with Crippen LogP contribution < -0.4 is 5.32 Å². The lowest BCUT2D eigenvalue weighted by Crippen LogP contribution is -2.44. The standard InChI is InChI=1S/C27H37BN4O5/c1-20(2)16-22(28-36-15-7-13-32(3)14-10-26(34)37-28)18-25(33)23(17-21-8-5-4-6-9-21)31-27(35)24-19-29-11-12-30-24/h4-6,8-9,11-12,19-20,22-23H,7,10,13-18H2,1-3H3,(H,31,35)/t22-,23+/m1/s1. The molecule has 0 radical (unpaired) electrons. The van der Waals surface area contributed by atoms with Gasteiger partial charge in [0.25, 0.3) is 11.9 Å². The van der Waals surface area contributed by atoms with Crippen LogP contribution in [-0.4, -0.2) is 72.4 Å². The molecular formula is C27H37BN4O5. The molecule has 1 aromatic heterocycles. The van der Waals surface area contributed by atoms with Gasteiger partial charge in [0.05, 0.1) is 18.7 Å². The molecule has 3 rings (SSSR count). The van der Waals surface area contributed by atoms with E-state index in [-0.39, 0.29) is 42.0 Å². The van der Waals surface area contributed by atoms with Crippen LogP contribution in [0.25, 0.3) is 0 Å². The largest absolute Gasteiger partial charge is 0.530 e. The smallest absolute Gasteiger partial charge is 0.509 e. The van der Waals surface area contributed by atoms with Crippen molar-refractivity contribution in [2.75, 3.05) is 26.7 Å². The molecule has 1 aromatic carbocycles. The van der Waals surface area contributed by atoms with E-state index in [0.29, 0.717) is 26.0 Å². The molecule has 10 heteroatoms. The van der Waals surface area contributed by atoms with Gasteiger partial charge in [-0.1, -0.05) is 44.2 Å². The first kappa shape index (κ1) is 28.5. The number of nitrogens with one attached hydrogen (secondary N) is 1. The summed E-state index contributed by atoms with van der Waals surface area (Å²) in [6.45, 7) is 5.99. The minimum Gasteiger partial charge on any atom is -0.509 e. The molecule has 1 fully saturated rings. The Morgan fingerprint density at radius 3 is 2.65 bits per heavy atom. The van der Waals surface area contributed by atoms with Crippen LogP contribution in [0.2, 0.25) is 5.82 Å². The summed E-state index contributed by atoms with van der Waals surface area (Å²) in [6.07, 6.45) is 6.43. The van der Waals surface area contributed by atoms with Crippen molar-refractivity contribution in [3.63, 3.8) is 0 Å². The maximum absolute atomic E-state index is 13.7. The number of carbonyl (C=O) groups excluding carboxylic acids is 3. The first-order valence-electron chi connectivity index (χ1n) is 12.9. The predicted octanol–water partition coefficient (Wildman–Crippen LogP) is 2.97. The molecule has 0 aliphatic carbocycles. The zero-order chi connectivity index (χ0) is 26.6. The Kier molecular flexibility index (Phi) is 11.2. The predicted molar refractivity (Wildman–Crippen MR) is 141 cm³/mol. The van der Waals surface area contributed by atoms with Gasteiger partial charge in [0.2, 0.25) is 0 Å². The highest BCUT2D eigenvalue weighted by Crippen LogP contribution is 2.28. The van der Waals surface area contributed by atoms with E-state index in [9.17, 15) is 14.4 Å². The molecule has 2 atom stereocenters. The lowest BCUT2D eigenvalue weighted by molar-refractivity contribution is -0.137. The fourth-order valence-electron chi connectivity index (χ4n) is 4.42. The van der Waals surface area contributed by atoms with E-state index in [0.717, 1.165) is 18.5 Å². The first-order chi connectivity index (χ1) is 17.8. The monoisotopic (exact) mass is 508 g/mol. The second kappa shape index (κ2) is 14.6. The lowest BCUT2D eigenvalue weighted by atomic mass is 9.64. The number of rotatable bonds is 10. The molecule has 0 spiro atoms. The van der Waals surface area contributed by atoms with E-state index in [4.69, 9.17) is 9.31 Å². The summed E-state index contributed by atoms with van der Waals surface area (Å²) in [5.41, 5.74) is 1.06. The van der Waals surface area contributed by atoms with Gasteiger partial charge in [-0.3, -0.25) is 19.4 Å². The maximum atomic E-state index is 13.7. The number of amides is 1. The van der Waals surface area contributed by atoms with Crippen molar-refractivity contribution >= 4 is 24.8 Å². The summed E-state index contributed by atoms with van der Waals surface area (Å²) in [5.74, 6) is -1.03. The average Bonchev–Trinajstić information content (AvgIpc) is 2.89. The third-order valence-electron chi connectivity index (χ3n) is 6.31. The van der Waals surface area contributed by atoms with Crippen molar-refractivity contribution in [1.82, 2.24) is 20.2 Å². The third kappa shape index (κ3) is 9.70. The fraction of sp³-hybridized carbons (Fsp3) is 0.519. The van der Waals surface area contributed by atoms with Crippen LogP contribution >= 0.6 is 0 Å². The van der Waals surface area contributed by atoms with E-state index >= 15 is 0 Å². The van der Waals surface area contributed by atoms with Gasteiger partial charge in [-0.05, 0) is 44.3 Å². The van der Waals surface area contributed by atoms with Crippen molar-refractivity contribution in [3.8, 4) is 0 Å². The second-order valence-corrected chi connectivity index (χ2v) is 10.0. The van der Waals surface area contributed by atoms with E-state index in [1.165, 1.54) is 18.6 Å². The number of Topliss-reactive ketones (excluding diaryl/α,β-unsaturated/α-hetero) is 1. The minimum absolute atomic E-state index is 0.105. The highest BCUT2D eigenvalue weighted by atomic mass is 16.6. The van der Waals surface area contributed by atoms with Gasteiger partial charge in [-0.25, -0.2) is 4.98 Å². The van der Waals surface area contributed by atoms with E-state index in [1.54, 1.807) is 0 Å². The average molecular weight is 508 g/mol. The summed E-state index contributed by atoms with van der Waals surface area (Å²) in [7, 11) is 1.16. The molecule has 37 heavy (non-hydrogen) atoms. The van der Waals surface area contributed by atoms with Crippen molar-refractivity contribution < 1.29 is 23.7 Å². The molecule has 1 aliphatic heterocycles. The number of hydrogen-bond donors (Lipinski definition) is 1. The second-order valence-electron chi connectivity index (χ2n) is 10.0. The first-order valence-corrected chi connectivity index (χ1v) is 12.9. The number of ketones is 1. The third-order valence-corrected chi connectivity index (χ3v) is 6.31. The van der Waals surface area contributed by atoms with Crippen LogP contribution in [0.15, 0.2) is 48.9 Å². The molecule has 198 valence electrons. The van der Waals surface area contributed by atoms with Gasteiger partial charge in [-0.2, -0.15) is 0 Å². The van der Waals surface area contributed by atoms with Gasteiger partial charge in [0.15, 0.2) is 5.78 Å². The molecule has 1 N–H and O–H groups in total. The summed E-state index contributed by atoms with van der Waals surface area (Å²) in [4.78, 5) is 49.2. The Morgan fingerprint density at radius 1 is 1.16 bits per heavy atom. The quantitative estimate of drug-likeness (QED) is 0.488. The van der Waals surface area contributed by atoms with Crippen molar-refractivity contribution in [2.24, 2.45) is 5.92 Å². The molecule has 9 nitrogen and oxygen atoms in total. The lowest BCUT2D eigenvalue weighted by Gasteiger charge is -2.28.